The van der Waals surface area contributed by atoms with Crippen LogP contribution in [0.3, 0.4) is 0 Å². The van der Waals surface area contributed by atoms with Gasteiger partial charge in [0.15, 0.2) is 0 Å². The van der Waals surface area contributed by atoms with Crippen LogP contribution < -0.4 is 0 Å². The quantitative estimate of drug-likeness (QED) is 0.634. The molecule has 0 N–H and O–H groups in total. The van der Waals surface area contributed by atoms with Crippen LogP contribution in [0.25, 0.3) is 16.7 Å². The molecule has 0 nitrogen and oxygen atoms in total. The van der Waals surface area contributed by atoms with Gasteiger partial charge in [0, 0.05) is 5.03 Å². The van der Waals surface area contributed by atoms with E-state index in [0.717, 1.165) is 5.57 Å². The lowest BCUT2D eigenvalue weighted by molar-refractivity contribution is 1.53. The maximum Gasteiger partial charge on any atom is 0.0337 e. The fourth-order valence-electron chi connectivity index (χ4n) is 2.01. The Morgan fingerprint density at radius 3 is 2.28 bits per heavy atom. The zero-order valence-electron chi connectivity index (χ0n) is 10.4. The molecule has 0 aromatic heterocycles. The molecule has 0 fully saturated rings. The highest BCUT2D eigenvalue weighted by Gasteiger charge is 2.05. The molecule has 0 amide bonds. The molecule has 90 valence electrons. The van der Waals surface area contributed by atoms with E-state index in [9.17, 15) is 0 Å². The molecule has 0 heterocycles. The van der Waals surface area contributed by atoms with Gasteiger partial charge in [-0.25, -0.2) is 0 Å². The van der Waals surface area contributed by atoms with Gasteiger partial charge in [0.25, 0.3) is 0 Å². The summed E-state index contributed by atoms with van der Waals surface area (Å²) in [6.07, 6.45) is 1.89. The van der Waals surface area contributed by atoms with Crippen molar-refractivity contribution in [2.45, 2.75) is 6.92 Å². The van der Waals surface area contributed by atoms with Crippen LogP contribution in [0.15, 0.2) is 72.3 Å². The molecule has 2 aromatic carbocycles. The van der Waals surface area contributed by atoms with Crippen molar-refractivity contribution < 1.29 is 0 Å². The summed E-state index contributed by atoms with van der Waals surface area (Å²) in [5, 5.41) is 0.551. The topological polar surface area (TPSA) is 0 Å². The maximum absolute atomic E-state index is 5.85. The monoisotopic (exact) mass is 254 g/mol. The second-order valence-corrected chi connectivity index (χ2v) is 4.67. The number of benzene rings is 2. The van der Waals surface area contributed by atoms with Gasteiger partial charge in [0.1, 0.15) is 0 Å². The minimum Gasteiger partial charge on any atom is -0.0850 e. The second-order valence-electron chi connectivity index (χ2n) is 4.19. The Morgan fingerprint density at radius 2 is 1.61 bits per heavy atom. The van der Waals surface area contributed by atoms with E-state index < -0.39 is 0 Å². The summed E-state index contributed by atoms with van der Waals surface area (Å²) in [5.74, 6) is 0. The first-order valence-corrected chi connectivity index (χ1v) is 6.24. The molecular weight excluding hydrogens is 240 g/mol. The molecule has 2 rings (SSSR count). The van der Waals surface area contributed by atoms with Gasteiger partial charge in [-0.2, -0.15) is 0 Å². The van der Waals surface area contributed by atoms with Crippen molar-refractivity contribution in [3.05, 3.63) is 77.8 Å². The van der Waals surface area contributed by atoms with Crippen LogP contribution in [-0.2, 0) is 0 Å². The molecule has 0 bridgehead atoms. The van der Waals surface area contributed by atoms with Crippen molar-refractivity contribution in [2.24, 2.45) is 0 Å². The van der Waals surface area contributed by atoms with Crippen LogP contribution in [-0.4, -0.2) is 0 Å². The Morgan fingerprint density at radius 1 is 1.00 bits per heavy atom. The van der Waals surface area contributed by atoms with Gasteiger partial charge >= 0.3 is 0 Å². The van der Waals surface area contributed by atoms with E-state index in [2.05, 4.69) is 43.8 Å². The number of halogens is 1. The van der Waals surface area contributed by atoms with Crippen molar-refractivity contribution in [1.82, 2.24) is 0 Å². The molecule has 0 saturated carbocycles. The smallest absolute Gasteiger partial charge is 0.0337 e. The van der Waals surface area contributed by atoms with Crippen LogP contribution >= 0.6 is 11.6 Å². The molecule has 0 aliphatic heterocycles. The van der Waals surface area contributed by atoms with Gasteiger partial charge in [0.2, 0.25) is 0 Å². The average molecular weight is 255 g/mol. The van der Waals surface area contributed by atoms with Crippen molar-refractivity contribution in [1.29, 1.82) is 0 Å². The van der Waals surface area contributed by atoms with E-state index in [1.807, 2.05) is 30.3 Å². The predicted octanol–water partition coefficient (Wildman–Crippen LogP) is 5.51. The molecule has 0 atom stereocenters. The van der Waals surface area contributed by atoms with Gasteiger partial charge in [-0.15, -0.1) is 0 Å². The second kappa shape index (κ2) is 5.70. The third-order valence-corrected chi connectivity index (χ3v) is 2.92. The fraction of sp³-hybridized carbons (Fsp3) is 0.0588. The van der Waals surface area contributed by atoms with E-state index in [0.29, 0.717) is 5.03 Å². The first-order valence-electron chi connectivity index (χ1n) is 5.86. The van der Waals surface area contributed by atoms with Gasteiger partial charge < -0.3 is 0 Å². The summed E-state index contributed by atoms with van der Waals surface area (Å²) in [6, 6.07) is 18.7. The molecule has 1 heteroatoms. The maximum atomic E-state index is 5.85. The average Bonchev–Trinajstić information content (AvgIpc) is 2.39. The minimum absolute atomic E-state index is 0.551. The van der Waals surface area contributed by atoms with Gasteiger partial charge in [0.05, 0.1) is 0 Å². The summed E-state index contributed by atoms with van der Waals surface area (Å²) in [5.41, 5.74) is 4.73. The van der Waals surface area contributed by atoms with E-state index in [-0.39, 0.29) is 0 Å². The molecule has 2 aromatic rings. The normalized spacial score (nSPS) is 11.3. The van der Waals surface area contributed by atoms with Crippen LogP contribution in [0.4, 0.5) is 0 Å². The van der Waals surface area contributed by atoms with Crippen LogP contribution in [0, 0.1) is 0 Å². The van der Waals surface area contributed by atoms with E-state index in [4.69, 9.17) is 11.6 Å². The summed E-state index contributed by atoms with van der Waals surface area (Å²) < 4.78 is 0. The summed E-state index contributed by atoms with van der Waals surface area (Å²) in [4.78, 5) is 0. The van der Waals surface area contributed by atoms with Crippen molar-refractivity contribution in [3.63, 3.8) is 0 Å². The Labute approximate surface area is 113 Å². The molecule has 0 unspecified atom stereocenters. The van der Waals surface area contributed by atoms with Crippen LogP contribution in [0.5, 0.6) is 0 Å². The number of hydrogen-bond acceptors (Lipinski definition) is 0. The molecule has 0 aliphatic carbocycles. The lowest BCUT2D eigenvalue weighted by atomic mass is 9.95. The molecule has 0 saturated heterocycles. The third kappa shape index (κ3) is 2.91. The molecule has 0 spiro atoms. The molecule has 0 radical (unpaired) electrons. The van der Waals surface area contributed by atoms with E-state index in [1.54, 1.807) is 0 Å². The fourth-order valence-corrected chi connectivity index (χ4v) is 2.17. The summed E-state index contributed by atoms with van der Waals surface area (Å²) in [7, 11) is 0. The number of hydrogen-bond donors (Lipinski definition) is 0. The number of rotatable bonds is 3. The molecule has 18 heavy (non-hydrogen) atoms. The summed E-state index contributed by atoms with van der Waals surface area (Å²) >= 11 is 5.85. The first-order chi connectivity index (χ1) is 8.68. The van der Waals surface area contributed by atoms with Crippen molar-refractivity contribution in [3.8, 4) is 11.1 Å². The zero-order chi connectivity index (χ0) is 13.0. The zero-order valence-corrected chi connectivity index (χ0v) is 11.1. The van der Waals surface area contributed by atoms with Crippen molar-refractivity contribution >= 4 is 17.2 Å². The van der Waals surface area contributed by atoms with Gasteiger partial charge in [-0.1, -0.05) is 72.8 Å². The molecular formula is C17H15Cl. The Balaban J connectivity index is 2.54. The lowest BCUT2D eigenvalue weighted by Crippen LogP contribution is -1.86. The Hall–Kier alpha value is -1.79. The van der Waals surface area contributed by atoms with Crippen LogP contribution in [0.1, 0.15) is 12.5 Å². The highest BCUT2D eigenvalue weighted by atomic mass is 35.5. The Kier molecular flexibility index (Phi) is 4.01. The highest BCUT2D eigenvalue weighted by Crippen LogP contribution is 2.29. The van der Waals surface area contributed by atoms with Crippen LogP contribution in [0.2, 0.25) is 0 Å². The largest absolute Gasteiger partial charge is 0.0850 e. The van der Waals surface area contributed by atoms with Gasteiger partial charge in [-0.3, -0.25) is 0 Å². The number of allylic oxidation sites excluding steroid dienone is 3. The predicted molar refractivity (Wildman–Crippen MR) is 80.5 cm³/mol. The standard InChI is InChI=1S/C17H15Cl/c1-13(12-14(2)18)16-10-6-7-11-17(16)15-8-4-3-5-9-15/h3-12H,2H2,1H3. The molecule has 0 aliphatic rings. The third-order valence-electron chi connectivity index (χ3n) is 2.81. The van der Waals surface area contributed by atoms with E-state index in [1.165, 1.54) is 16.7 Å². The lowest BCUT2D eigenvalue weighted by Gasteiger charge is -2.10. The highest BCUT2D eigenvalue weighted by molar-refractivity contribution is 6.31. The van der Waals surface area contributed by atoms with Gasteiger partial charge in [-0.05, 0) is 35.3 Å². The first kappa shape index (κ1) is 12.7. The van der Waals surface area contributed by atoms with E-state index >= 15 is 0 Å². The summed E-state index contributed by atoms with van der Waals surface area (Å²) in [6.45, 7) is 5.76. The minimum atomic E-state index is 0.551. The van der Waals surface area contributed by atoms with Crippen molar-refractivity contribution in [2.75, 3.05) is 0 Å². The Bertz CT molecular complexity index is 580. The SMILES string of the molecule is C=C(Cl)C=C(C)c1ccccc1-c1ccccc1.